The van der Waals surface area contributed by atoms with Crippen molar-refractivity contribution in [2.75, 3.05) is 18.0 Å². The van der Waals surface area contributed by atoms with Gasteiger partial charge in [-0.2, -0.15) is 0 Å². The molecule has 32 heavy (non-hydrogen) atoms. The van der Waals surface area contributed by atoms with Gasteiger partial charge in [0.25, 0.3) is 0 Å². The molecular formula is C27H37N3OS. The van der Waals surface area contributed by atoms with Gasteiger partial charge in [0.2, 0.25) is 5.91 Å². The topological polar surface area (TPSA) is 45.2 Å². The van der Waals surface area contributed by atoms with Gasteiger partial charge in [-0.1, -0.05) is 17.4 Å². The molecule has 0 radical (unpaired) electrons. The molecule has 1 N–H and O–H groups in total. The van der Waals surface area contributed by atoms with Gasteiger partial charge in [-0.15, -0.1) is 0 Å². The minimum atomic E-state index is 0.154. The van der Waals surface area contributed by atoms with E-state index in [2.05, 4.69) is 43.1 Å². The second-order valence-electron chi connectivity index (χ2n) is 11.7. The Labute approximate surface area is 196 Å². The average Bonchev–Trinajstić information content (AvgIpc) is 3.17. The molecule has 4 bridgehead atoms. The van der Waals surface area contributed by atoms with Crippen LogP contribution in [0.1, 0.15) is 69.4 Å². The van der Waals surface area contributed by atoms with E-state index >= 15 is 0 Å². The SMILES string of the molecule is Cc1cc(C)c2nc(N3CCC(C(=O)N[C@@H](C)C45CC6CC(CC(C6)C4)C5)CC3)sc2c1. The van der Waals surface area contributed by atoms with E-state index in [4.69, 9.17) is 4.98 Å². The van der Waals surface area contributed by atoms with Crippen molar-refractivity contribution in [1.82, 2.24) is 10.3 Å². The van der Waals surface area contributed by atoms with Crippen LogP contribution in [0.4, 0.5) is 5.13 Å². The number of nitrogens with zero attached hydrogens (tertiary/aromatic N) is 2. The highest BCUT2D eigenvalue weighted by molar-refractivity contribution is 7.22. The lowest BCUT2D eigenvalue weighted by Crippen LogP contribution is -2.56. The number of piperidine rings is 1. The van der Waals surface area contributed by atoms with Gasteiger partial charge in [0.1, 0.15) is 0 Å². The van der Waals surface area contributed by atoms with Crippen molar-refractivity contribution in [3.05, 3.63) is 23.3 Å². The fourth-order valence-electron chi connectivity index (χ4n) is 8.02. The van der Waals surface area contributed by atoms with E-state index in [0.717, 1.165) is 54.3 Å². The number of amides is 1. The summed E-state index contributed by atoms with van der Waals surface area (Å²) >= 11 is 1.80. The molecule has 4 nitrogen and oxygen atoms in total. The summed E-state index contributed by atoms with van der Waals surface area (Å²) in [6.07, 6.45) is 10.3. The zero-order chi connectivity index (χ0) is 22.0. The number of thiazole rings is 1. The quantitative estimate of drug-likeness (QED) is 0.634. The van der Waals surface area contributed by atoms with Crippen molar-refractivity contribution in [2.24, 2.45) is 29.1 Å². The molecule has 1 aromatic carbocycles. The van der Waals surface area contributed by atoms with E-state index in [9.17, 15) is 4.79 Å². The predicted molar refractivity (Wildman–Crippen MR) is 132 cm³/mol. The fourth-order valence-corrected chi connectivity index (χ4v) is 9.21. The van der Waals surface area contributed by atoms with E-state index in [1.165, 1.54) is 54.4 Å². The van der Waals surface area contributed by atoms with Crippen molar-refractivity contribution in [2.45, 2.75) is 78.2 Å². The van der Waals surface area contributed by atoms with Crippen molar-refractivity contribution in [3.63, 3.8) is 0 Å². The predicted octanol–water partition coefficient (Wildman–Crippen LogP) is 5.85. The molecule has 1 atom stereocenters. The van der Waals surface area contributed by atoms with Crippen molar-refractivity contribution in [3.8, 4) is 0 Å². The van der Waals surface area contributed by atoms with Crippen LogP contribution in [0.25, 0.3) is 10.2 Å². The normalized spacial score (nSPS) is 33.1. The van der Waals surface area contributed by atoms with Gasteiger partial charge in [0.05, 0.1) is 10.2 Å². The highest BCUT2D eigenvalue weighted by Crippen LogP contribution is 2.61. The fraction of sp³-hybridized carbons (Fsp3) is 0.704. The molecule has 2 aromatic rings. The van der Waals surface area contributed by atoms with Crippen LogP contribution in [0.2, 0.25) is 0 Å². The first-order chi connectivity index (χ1) is 15.4. The van der Waals surface area contributed by atoms with Crippen LogP contribution in [0.3, 0.4) is 0 Å². The number of hydrogen-bond donors (Lipinski definition) is 1. The Bertz CT molecular complexity index is 1000. The maximum atomic E-state index is 13.2. The number of aryl methyl sites for hydroxylation is 2. The smallest absolute Gasteiger partial charge is 0.223 e. The highest BCUT2D eigenvalue weighted by Gasteiger charge is 2.53. The number of rotatable bonds is 4. The number of carbonyl (C=O) groups is 1. The molecular weight excluding hydrogens is 414 g/mol. The number of carbonyl (C=O) groups excluding carboxylic acids is 1. The Morgan fingerprint density at radius 1 is 1.09 bits per heavy atom. The summed E-state index contributed by atoms with van der Waals surface area (Å²) in [6, 6.07) is 4.79. The zero-order valence-electron chi connectivity index (χ0n) is 19.8. The third-order valence-electron chi connectivity index (χ3n) is 9.32. The van der Waals surface area contributed by atoms with Gasteiger partial charge >= 0.3 is 0 Å². The summed E-state index contributed by atoms with van der Waals surface area (Å²) in [7, 11) is 0. The summed E-state index contributed by atoms with van der Waals surface area (Å²) in [5.74, 6) is 3.27. The Hall–Kier alpha value is -1.62. The molecule has 5 fully saturated rings. The van der Waals surface area contributed by atoms with E-state index in [1.807, 2.05) is 0 Å². The molecule has 0 unspecified atom stereocenters. The van der Waals surface area contributed by atoms with Crippen molar-refractivity contribution in [1.29, 1.82) is 0 Å². The number of aromatic nitrogens is 1. The summed E-state index contributed by atoms with van der Waals surface area (Å²) in [5, 5.41) is 4.65. The molecule has 4 aliphatic carbocycles. The van der Waals surface area contributed by atoms with Crippen LogP contribution < -0.4 is 10.2 Å². The lowest BCUT2D eigenvalue weighted by molar-refractivity contribution is -0.130. The number of fused-ring (bicyclic) bond motifs is 1. The molecule has 2 heterocycles. The highest BCUT2D eigenvalue weighted by atomic mass is 32.1. The van der Waals surface area contributed by atoms with Gasteiger partial charge in [-0.3, -0.25) is 4.79 Å². The van der Waals surface area contributed by atoms with Crippen LogP contribution in [0.15, 0.2) is 12.1 Å². The molecule has 4 saturated carbocycles. The first-order valence-corrected chi connectivity index (χ1v) is 13.6. The average molecular weight is 452 g/mol. The molecule has 1 amide bonds. The number of hydrogen-bond acceptors (Lipinski definition) is 4. The lowest BCUT2D eigenvalue weighted by Gasteiger charge is -2.59. The standard InChI is InChI=1S/C27H37N3OS/c1-16-8-17(2)24-23(9-16)32-26(29-24)30-6-4-22(5-7-30)25(31)28-18(3)27-13-19-10-20(14-27)12-21(11-19)15-27/h8-9,18-22H,4-7,10-15H2,1-3H3,(H,28,31)/t18-,19?,20?,21?,27?/m0/s1. The minimum absolute atomic E-state index is 0.154. The van der Waals surface area contributed by atoms with E-state index in [1.54, 1.807) is 11.3 Å². The molecule has 5 heteroatoms. The number of benzene rings is 1. The van der Waals surface area contributed by atoms with Crippen molar-refractivity contribution >= 4 is 32.6 Å². The van der Waals surface area contributed by atoms with Gasteiger partial charge in [-0.05, 0) is 112 Å². The summed E-state index contributed by atoms with van der Waals surface area (Å²) in [4.78, 5) is 20.6. The van der Waals surface area contributed by atoms with Gasteiger partial charge in [0.15, 0.2) is 5.13 Å². The van der Waals surface area contributed by atoms with Crippen LogP contribution in [0, 0.1) is 42.9 Å². The minimum Gasteiger partial charge on any atom is -0.353 e. The maximum absolute atomic E-state index is 13.2. The number of anilines is 1. The van der Waals surface area contributed by atoms with Crippen LogP contribution >= 0.6 is 11.3 Å². The second kappa shape index (κ2) is 7.72. The first-order valence-electron chi connectivity index (χ1n) is 12.8. The van der Waals surface area contributed by atoms with Gasteiger partial charge in [0, 0.05) is 25.0 Å². The Kier molecular flexibility index (Phi) is 5.05. The third-order valence-corrected chi connectivity index (χ3v) is 10.4. The van der Waals surface area contributed by atoms with Gasteiger partial charge < -0.3 is 10.2 Å². The molecule has 172 valence electrons. The van der Waals surface area contributed by atoms with Crippen LogP contribution in [-0.2, 0) is 4.79 Å². The lowest BCUT2D eigenvalue weighted by atomic mass is 9.48. The molecule has 0 spiro atoms. The largest absolute Gasteiger partial charge is 0.353 e. The Morgan fingerprint density at radius 2 is 1.72 bits per heavy atom. The maximum Gasteiger partial charge on any atom is 0.223 e. The molecule has 7 rings (SSSR count). The van der Waals surface area contributed by atoms with E-state index in [-0.39, 0.29) is 5.92 Å². The monoisotopic (exact) mass is 451 g/mol. The van der Waals surface area contributed by atoms with Gasteiger partial charge in [-0.25, -0.2) is 4.98 Å². The van der Waals surface area contributed by atoms with E-state index < -0.39 is 0 Å². The molecule has 1 aliphatic heterocycles. The zero-order valence-corrected chi connectivity index (χ0v) is 20.6. The molecule has 1 saturated heterocycles. The Balaban J connectivity index is 1.08. The molecule has 5 aliphatic rings. The first kappa shape index (κ1) is 20.9. The number of nitrogens with one attached hydrogen (secondary N) is 1. The summed E-state index contributed by atoms with van der Waals surface area (Å²) < 4.78 is 1.28. The second-order valence-corrected chi connectivity index (χ2v) is 12.7. The Morgan fingerprint density at radius 3 is 2.34 bits per heavy atom. The van der Waals surface area contributed by atoms with Crippen LogP contribution in [0.5, 0.6) is 0 Å². The third kappa shape index (κ3) is 3.55. The van der Waals surface area contributed by atoms with Crippen LogP contribution in [-0.4, -0.2) is 30.0 Å². The molecule has 1 aromatic heterocycles. The van der Waals surface area contributed by atoms with Crippen molar-refractivity contribution < 1.29 is 4.79 Å². The summed E-state index contributed by atoms with van der Waals surface area (Å²) in [6.45, 7) is 8.48. The summed E-state index contributed by atoms with van der Waals surface area (Å²) in [5.41, 5.74) is 4.09. The van der Waals surface area contributed by atoms with E-state index in [0.29, 0.717) is 17.4 Å².